The second-order valence-electron chi connectivity index (χ2n) is 4.69. The molecule has 1 heterocycles. The maximum atomic E-state index is 13.0. The zero-order valence-corrected chi connectivity index (χ0v) is 9.16. The summed E-state index contributed by atoms with van der Waals surface area (Å²) < 4.78 is 30.9. The van der Waals surface area contributed by atoms with Crippen LogP contribution in [0.1, 0.15) is 31.2 Å². The van der Waals surface area contributed by atoms with Crippen LogP contribution in [-0.2, 0) is 6.42 Å². The van der Waals surface area contributed by atoms with Crippen LogP contribution in [0.25, 0.3) is 0 Å². The van der Waals surface area contributed by atoms with E-state index in [2.05, 4.69) is 0 Å². The van der Waals surface area contributed by atoms with E-state index in [1.165, 1.54) is 0 Å². The lowest BCUT2D eigenvalue weighted by molar-refractivity contribution is -0.0481. The van der Waals surface area contributed by atoms with Crippen molar-refractivity contribution in [2.45, 2.75) is 44.1 Å². The number of alkyl halides is 2. The fraction of sp³-hybridized carbons (Fsp3) is 0.667. The van der Waals surface area contributed by atoms with Crippen molar-refractivity contribution < 1.29 is 13.2 Å². The minimum Gasteiger partial charge on any atom is -0.472 e. The van der Waals surface area contributed by atoms with Crippen molar-refractivity contribution in [3.63, 3.8) is 0 Å². The summed E-state index contributed by atoms with van der Waals surface area (Å²) in [6, 6.07) is 1.84. The van der Waals surface area contributed by atoms with Gasteiger partial charge in [0.05, 0.1) is 12.5 Å². The predicted molar refractivity (Wildman–Crippen MR) is 57.3 cm³/mol. The molecule has 0 spiro atoms. The third-order valence-corrected chi connectivity index (χ3v) is 3.42. The van der Waals surface area contributed by atoms with Gasteiger partial charge in [0.2, 0.25) is 5.92 Å². The predicted octanol–water partition coefficient (Wildman–Crippen LogP) is 2.97. The van der Waals surface area contributed by atoms with E-state index in [4.69, 9.17) is 10.2 Å². The maximum absolute atomic E-state index is 13.0. The van der Waals surface area contributed by atoms with Gasteiger partial charge in [-0.05, 0) is 36.8 Å². The van der Waals surface area contributed by atoms with Gasteiger partial charge in [0.1, 0.15) is 0 Å². The summed E-state index contributed by atoms with van der Waals surface area (Å²) in [7, 11) is 0. The Kier molecular flexibility index (Phi) is 3.28. The zero-order chi connectivity index (χ0) is 11.6. The molecule has 2 nitrogen and oxygen atoms in total. The quantitative estimate of drug-likeness (QED) is 0.865. The summed E-state index contributed by atoms with van der Waals surface area (Å²) in [5.74, 6) is -2.25. The molecule has 0 aliphatic heterocycles. The van der Waals surface area contributed by atoms with Crippen LogP contribution in [0.4, 0.5) is 8.78 Å². The van der Waals surface area contributed by atoms with Crippen molar-refractivity contribution in [2.75, 3.05) is 0 Å². The summed E-state index contributed by atoms with van der Waals surface area (Å²) in [5, 5.41) is 0. The van der Waals surface area contributed by atoms with Gasteiger partial charge in [-0.25, -0.2) is 8.78 Å². The van der Waals surface area contributed by atoms with E-state index >= 15 is 0 Å². The van der Waals surface area contributed by atoms with Gasteiger partial charge in [-0.15, -0.1) is 0 Å². The molecule has 2 N–H and O–H groups in total. The lowest BCUT2D eigenvalue weighted by atomic mass is 9.81. The number of hydrogen-bond acceptors (Lipinski definition) is 2. The first-order valence-corrected chi connectivity index (χ1v) is 5.71. The van der Waals surface area contributed by atoms with E-state index in [1.54, 1.807) is 12.5 Å². The molecule has 1 unspecified atom stereocenters. The summed E-state index contributed by atoms with van der Waals surface area (Å²) in [6.07, 6.45) is 5.02. The summed E-state index contributed by atoms with van der Waals surface area (Å²) in [5.41, 5.74) is 7.09. The highest BCUT2D eigenvalue weighted by molar-refractivity contribution is 5.07. The van der Waals surface area contributed by atoms with Crippen LogP contribution in [0, 0.1) is 5.92 Å². The smallest absolute Gasteiger partial charge is 0.248 e. The molecule has 1 atom stereocenters. The molecule has 0 amide bonds. The van der Waals surface area contributed by atoms with Crippen LogP contribution in [0.3, 0.4) is 0 Å². The second-order valence-corrected chi connectivity index (χ2v) is 4.69. The van der Waals surface area contributed by atoms with Crippen molar-refractivity contribution in [2.24, 2.45) is 11.7 Å². The van der Waals surface area contributed by atoms with E-state index in [0.717, 1.165) is 5.56 Å². The van der Waals surface area contributed by atoms with Crippen LogP contribution < -0.4 is 5.73 Å². The Morgan fingerprint density at radius 1 is 1.44 bits per heavy atom. The van der Waals surface area contributed by atoms with Crippen LogP contribution in [0.5, 0.6) is 0 Å². The first-order chi connectivity index (χ1) is 7.57. The Morgan fingerprint density at radius 2 is 2.12 bits per heavy atom. The maximum Gasteiger partial charge on any atom is 0.248 e. The highest BCUT2D eigenvalue weighted by Gasteiger charge is 2.36. The van der Waals surface area contributed by atoms with Crippen molar-refractivity contribution in [1.82, 2.24) is 0 Å². The molecule has 1 fully saturated rings. The molecule has 1 aliphatic rings. The molecular formula is C12H17F2NO. The van der Waals surface area contributed by atoms with E-state index < -0.39 is 5.92 Å². The molecule has 1 aromatic heterocycles. The van der Waals surface area contributed by atoms with Gasteiger partial charge in [0.15, 0.2) is 0 Å². The molecule has 2 rings (SSSR count). The highest BCUT2D eigenvalue weighted by atomic mass is 19.3. The minimum absolute atomic E-state index is 0.0171. The summed E-state index contributed by atoms with van der Waals surface area (Å²) in [6.45, 7) is 0. The van der Waals surface area contributed by atoms with E-state index in [1.807, 2.05) is 6.07 Å². The van der Waals surface area contributed by atoms with Gasteiger partial charge in [0.25, 0.3) is 0 Å². The molecule has 0 aromatic carbocycles. The first-order valence-electron chi connectivity index (χ1n) is 5.71. The Bertz CT molecular complexity index is 314. The molecule has 16 heavy (non-hydrogen) atoms. The van der Waals surface area contributed by atoms with Crippen LogP contribution in [-0.4, -0.2) is 12.0 Å². The fourth-order valence-corrected chi connectivity index (χ4v) is 2.34. The molecule has 0 bridgehead atoms. The molecular weight excluding hydrogens is 212 g/mol. The first kappa shape index (κ1) is 11.6. The van der Waals surface area contributed by atoms with E-state index in [0.29, 0.717) is 19.3 Å². The number of furan rings is 1. The van der Waals surface area contributed by atoms with Gasteiger partial charge >= 0.3 is 0 Å². The van der Waals surface area contributed by atoms with Gasteiger partial charge in [-0.3, -0.25) is 0 Å². The normalized spacial score (nSPS) is 23.2. The molecule has 1 aromatic rings. The lowest BCUT2D eigenvalue weighted by Gasteiger charge is -2.31. The zero-order valence-electron chi connectivity index (χ0n) is 9.16. The Morgan fingerprint density at radius 3 is 2.69 bits per heavy atom. The Labute approximate surface area is 93.8 Å². The highest BCUT2D eigenvalue weighted by Crippen LogP contribution is 2.37. The molecule has 0 saturated heterocycles. The van der Waals surface area contributed by atoms with Gasteiger partial charge < -0.3 is 10.2 Å². The van der Waals surface area contributed by atoms with E-state index in [9.17, 15) is 8.78 Å². The Hall–Kier alpha value is -0.900. The summed E-state index contributed by atoms with van der Waals surface area (Å²) >= 11 is 0. The van der Waals surface area contributed by atoms with Gasteiger partial charge in [-0.2, -0.15) is 0 Å². The monoisotopic (exact) mass is 229 g/mol. The van der Waals surface area contributed by atoms with Crippen molar-refractivity contribution in [3.8, 4) is 0 Å². The van der Waals surface area contributed by atoms with Crippen molar-refractivity contribution in [1.29, 1.82) is 0 Å². The van der Waals surface area contributed by atoms with Gasteiger partial charge in [-0.1, -0.05) is 0 Å². The van der Waals surface area contributed by atoms with Crippen molar-refractivity contribution in [3.05, 3.63) is 24.2 Å². The SMILES string of the molecule is NC(Cc1ccoc1)C1CCC(F)(F)CC1. The molecule has 90 valence electrons. The third kappa shape index (κ3) is 2.82. The number of halogens is 2. The van der Waals surface area contributed by atoms with Crippen molar-refractivity contribution >= 4 is 0 Å². The lowest BCUT2D eigenvalue weighted by Crippen LogP contribution is -2.37. The topological polar surface area (TPSA) is 39.2 Å². The minimum atomic E-state index is -2.47. The van der Waals surface area contributed by atoms with Crippen LogP contribution in [0.15, 0.2) is 23.0 Å². The Balaban J connectivity index is 1.85. The van der Waals surface area contributed by atoms with Crippen LogP contribution >= 0.6 is 0 Å². The second kappa shape index (κ2) is 4.53. The molecule has 4 heteroatoms. The molecule has 1 saturated carbocycles. The average Bonchev–Trinajstić information content (AvgIpc) is 2.70. The fourth-order valence-electron chi connectivity index (χ4n) is 2.34. The largest absolute Gasteiger partial charge is 0.472 e. The van der Waals surface area contributed by atoms with Crippen LogP contribution in [0.2, 0.25) is 0 Å². The number of nitrogens with two attached hydrogens (primary N) is 1. The molecule has 1 aliphatic carbocycles. The molecule has 0 radical (unpaired) electrons. The number of hydrogen-bond donors (Lipinski definition) is 1. The number of rotatable bonds is 3. The van der Waals surface area contributed by atoms with E-state index in [-0.39, 0.29) is 24.8 Å². The summed E-state index contributed by atoms with van der Waals surface area (Å²) in [4.78, 5) is 0. The third-order valence-electron chi connectivity index (χ3n) is 3.42. The average molecular weight is 229 g/mol. The standard InChI is InChI=1S/C12H17F2NO/c13-12(14)4-1-10(2-5-12)11(15)7-9-3-6-16-8-9/h3,6,8,10-11H,1-2,4-5,7,15H2. The van der Waals surface area contributed by atoms with Gasteiger partial charge in [0, 0.05) is 18.9 Å².